The molecule has 1 saturated heterocycles. The summed E-state index contributed by atoms with van der Waals surface area (Å²) in [7, 11) is 1.95. The van der Waals surface area contributed by atoms with E-state index in [1.54, 1.807) is 0 Å². The maximum absolute atomic E-state index is 9.13. The first-order chi connectivity index (χ1) is 14.2. The molecule has 1 fully saturated rings. The summed E-state index contributed by atoms with van der Waals surface area (Å²) in [5, 5.41) is 14.7. The number of hydrogen-bond donors (Lipinski definition) is 1. The number of aryl methyl sites for hydroxylation is 1. The third-order valence-corrected chi connectivity index (χ3v) is 6.13. The number of fused-ring (bicyclic) bond motifs is 2. The Morgan fingerprint density at radius 3 is 2.86 bits per heavy atom. The molecular formula is C23H27N5O. The van der Waals surface area contributed by atoms with Gasteiger partial charge in [-0.3, -0.25) is 4.68 Å². The van der Waals surface area contributed by atoms with E-state index in [1.807, 2.05) is 17.9 Å². The normalized spacial score (nSPS) is 20.5. The zero-order chi connectivity index (χ0) is 19.8. The molecule has 3 aliphatic rings. The minimum atomic E-state index is 0.253. The monoisotopic (exact) mass is 389 g/mol. The summed E-state index contributed by atoms with van der Waals surface area (Å²) in [6.45, 7) is 4.03. The maximum atomic E-state index is 9.13. The first kappa shape index (κ1) is 18.3. The summed E-state index contributed by atoms with van der Waals surface area (Å²) in [6.07, 6.45) is 13.2. The second-order valence-corrected chi connectivity index (χ2v) is 8.09. The van der Waals surface area contributed by atoms with Crippen molar-refractivity contribution >= 4 is 22.4 Å². The van der Waals surface area contributed by atoms with Crippen LogP contribution in [0.2, 0.25) is 0 Å². The molecule has 0 aliphatic carbocycles. The molecule has 0 atom stereocenters. The van der Waals surface area contributed by atoms with Gasteiger partial charge in [0.25, 0.3) is 0 Å². The van der Waals surface area contributed by atoms with E-state index >= 15 is 0 Å². The van der Waals surface area contributed by atoms with Crippen LogP contribution in [0.25, 0.3) is 16.6 Å². The van der Waals surface area contributed by atoms with E-state index in [0.717, 1.165) is 67.0 Å². The zero-order valence-electron chi connectivity index (χ0n) is 16.8. The summed E-state index contributed by atoms with van der Waals surface area (Å²) in [5.41, 5.74) is 4.58. The number of allylic oxidation sites excluding steroid dienone is 2. The first-order valence-electron chi connectivity index (χ1n) is 10.4. The van der Waals surface area contributed by atoms with Gasteiger partial charge in [0.1, 0.15) is 5.84 Å². The predicted octanol–water partition coefficient (Wildman–Crippen LogP) is 2.79. The fourth-order valence-corrected chi connectivity index (χ4v) is 4.52. The largest absolute Gasteiger partial charge is 0.395 e. The highest BCUT2D eigenvalue weighted by molar-refractivity contribution is 6.00. The zero-order valence-corrected chi connectivity index (χ0v) is 16.8. The Labute approximate surface area is 171 Å². The molecule has 0 unspecified atom stereocenters. The van der Waals surface area contributed by atoms with Gasteiger partial charge in [-0.2, -0.15) is 5.10 Å². The van der Waals surface area contributed by atoms with Crippen molar-refractivity contribution in [1.82, 2.24) is 19.6 Å². The molecule has 0 spiro atoms. The van der Waals surface area contributed by atoms with Crippen molar-refractivity contribution in [2.75, 3.05) is 32.8 Å². The van der Waals surface area contributed by atoms with Crippen molar-refractivity contribution in [2.24, 2.45) is 18.0 Å². The van der Waals surface area contributed by atoms with E-state index in [1.165, 1.54) is 5.57 Å². The van der Waals surface area contributed by atoms with Crippen molar-refractivity contribution < 1.29 is 5.11 Å². The quantitative estimate of drug-likeness (QED) is 0.874. The summed E-state index contributed by atoms with van der Waals surface area (Å²) in [4.78, 5) is 9.52. The number of aromatic nitrogens is 2. The molecule has 0 saturated carbocycles. The third-order valence-electron chi connectivity index (χ3n) is 6.13. The van der Waals surface area contributed by atoms with E-state index in [0.29, 0.717) is 5.92 Å². The number of aliphatic imine (C=N–C) groups is 1. The Bertz CT molecular complexity index is 1040. The fourth-order valence-electron chi connectivity index (χ4n) is 4.52. The summed E-state index contributed by atoms with van der Waals surface area (Å²) >= 11 is 0. The number of piperidine rings is 1. The van der Waals surface area contributed by atoms with Gasteiger partial charge in [-0.1, -0.05) is 12.1 Å². The van der Waals surface area contributed by atoms with Crippen molar-refractivity contribution in [3.05, 3.63) is 60.0 Å². The molecule has 1 aromatic heterocycles. The second kappa shape index (κ2) is 7.61. The van der Waals surface area contributed by atoms with Crippen LogP contribution in [0.1, 0.15) is 18.4 Å². The van der Waals surface area contributed by atoms with Gasteiger partial charge >= 0.3 is 0 Å². The molecule has 2 aromatic rings. The van der Waals surface area contributed by atoms with Crippen LogP contribution >= 0.6 is 0 Å². The molecule has 3 aliphatic heterocycles. The summed E-state index contributed by atoms with van der Waals surface area (Å²) < 4.78 is 1.85. The topological polar surface area (TPSA) is 56.9 Å². The van der Waals surface area contributed by atoms with Gasteiger partial charge in [0.05, 0.1) is 17.8 Å². The molecule has 29 heavy (non-hydrogen) atoms. The van der Waals surface area contributed by atoms with Crippen molar-refractivity contribution in [3.8, 4) is 0 Å². The lowest BCUT2D eigenvalue weighted by Crippen LogP contribution is -2.37. The van der Waals surface area contributed by atoms with Crippen LogP contribution in [0.4, 0.5) is 0 Å². The fraction of sp³-hybridized carbons (Fsp3) is 0.391. The lowest BCUT2D eigenvalue weighted by Gasteiger charge is -2.34. The smallest absolute Gasteiger partial charge is 0.133 e. The molecule has 1 N–H and O–H groups in total. The molecule has 4 heterocycles. The molecule has 6 heteroatoms. The number of likely N-dealkylation sites (tertiary alicyclic amines) is 1. The first-order valence-corrected chi connectivity index (χ1v) is 10.4. The van der Waals surface area contributed by atoms with E-state index in [4.69, 9.17) is 10.1 Å². The lowest BCUT2D eigenvalue weighted by atomic mass is 9.88. The number of hydrogen-bond acceptors (Lipinski definition) is 5. The number of benzene rings is 1. The van der Waals surface area contributed by atoms with Gasteiger partial charge in [0.2, 0.25) is 0 Å². The van der Waals surface area contributed by atoms with Crippen molar-refractivity contribution in [1.29, 1.82) is 0 Å². The van der Waals surface area contributed by atoms with Crippen LogP contribution < -0.4 is 0 Å². The highest BCUT2D eigenvalue weighted by atomic mass is 16.3. The number of aliphatic hydroxyl groups is 1. The van der Waals surface area contributed by atoms with Crippen LogP contribution in [0, 0.1) is 5.92 Å². The summed E-state index contributed by atoms with van der Waals surface area (Å²) in [5.74, 6) is 1.61. The van der Waals surface area contributed by atoms with E-state index < -0.39 is 0 Å². The third kappa shape index (κ3) is 3.66. The Kier molecular flexibility index (Phi) is 4.81. The van der Waals surface area contributed by atoms with Crippen LogP contribution in [0.15, 0.2) is 59.4 Å². The van der Waals surface area contributed by atoms with Crippen molar-refractivity contribution in [2.45, 2.75) is 12.8 Å². The average Bonchev–Trinajstić information content (AvgIpc) is 3.13. The predicted molar refractivity (Wildman–Crippen MR) is 116 cm³/mol. The number of β-amino-alcohol motifs (C(OH)–C–C–N with tert-alkyl or cyclic N) is 1. The summed E-state index contributed by atoms with van der Waals surface area (Å²) in [6, 6.07) is 6.34. The van der Waals surface area contributed by atoms with Gasteiger partial charge in [-0.05, 0) is 61.7 Å². The SMILES string of the molecule is Cn1cc2cc(C3=CCN4C=C(C5CCN(CCO)CC5)C=CC4=N3)ccc2n1. The molecule has 0 bridgehead atoms. The number of amidine groups is 1. The Hall–Kier alpha value is -2.70. The maximum Gasteiger partial charge on any atom is 0.133 e. The molecular weight excluding hydrogens is 362 g/mol. The Morgan fingerprint density at radius 2 is 2.03 bits per heavy atom. The van der Waals surface area contributed by atoms with Crippen LogP contribution in [0.5, 0.6) is 0 Å². The van der Waals surface area contributed by atoms with Gasteiger partial charge in [0.15, 0.2) is 0 Å². The molecule has 0 amide bonds. The minimum Gasteiger partial charge on any atom is -0.395 e. The van der Waals surface area contributed by atoms with E-state index in [-0.39, 0.29) is 6.61 Å². The molecule has 0 radical (unpaired) electrons. The molecule has 150 valence electrons. The van der Waals surface area contributed by atoms with Gasteiger partial charge in [-0.15, -0.1) is 0 Å². The second-order valence-electron chi connectivity index (χ2n) is 8.09. The van der Waals surface area contributed by atoms with Crippen molar-refractivity contribution in [3.63, 3.8) is 0 Å². The number of nitrogens with zero attached hydrogens (tertiary/aromatic N) is 5. The molecule has 5 rings (SSSR count). The van der Waals surface area contributed by atoms with Crippen LogP contribution in [-0.2, 0) is 7.05 Å². The average molecular weight is 390 g/mol. The highest BCUT2D eigenvalue weighted by Crippen LogP contribution is 2.30. The Morgan fingerprint density at radius 1 is 1.17 bits per heavy atom. The molecule has 1 aromatic carbocycles. The van der Waals surface area contributed by atoms with E-state index in [2.05, 4.69) is 57.5 Å². The van der Waals surface area contributed by atoms with Gasteiger partial charge in [-0.25, -0.2) is 4.99 Å². The molecule has 6 nitrogen and oxygen atoms in total. The highest BCUT2D eigenvalue weighted by Gasteiger charge is 2.24. The van der Waals surface area contributed by atoms with Crippen LogP contribution in [0.3, 0.4) is 0 Å². The van der Waals surface area contributed by atoms with Gasteiger partial charge < -0.3 is 14.9 Å². The van der Waals surface area contributed by atoms with Gasteiger partial charge in [0, 0.05) is 43.5 Å². The van der Waals surface area contributed by atoms with E-state index in [9.17, 15) is 0 Å². The minimum absolute atomic E-state index is 0.253. The number of rotatable bonds is 4. The van der Waals surface area contributed by atoms with Crippen LogP contribution in [-0.4, -0.2) is 63.3 Å². The lowest BCUT2D eigenvalue weighted by molar-refractivity contribution is 0.157. The standard InChI is InChI=1S/C23H27N5O/c1-26-15-20-14-18(2-4-22(20)25-26)21-8-11-28-16-19(3-5-23(28)24-21)17-6-9-27(10-7-17)12-13-29/h2-5,8,14-17,29H,6-7,9-13H2,1H3. The number of aliphatic hydroxyl groups excluding tert-OH is 1. The Balaban J connectivity index is 1.30.